The van der Waals surface area contributed by atoms with Crippen LogP contribution in [0.2, 0.25) is 0 Å². The minimum absolute atomic E-state index is 0.0218. The molecule has 3 rings (SSSR count). The average molecular weight is 296 g/mol. The normalized spacial score (nSPS) is 30.2. The molecule has 0 bridgehead atoms. The fraction of sp³-hybridized carbons (Fsp3) is 0.867. The Labute approximate surface area is 125 Å². The number of nitrogens with zero attached hydrogens (tertiary/aromatic N) is 1. The number of hydrogen-bond acceptors (Lipinski definition) is 3. The van der Waals surface area contributed by atoms with Crippen LogP contribution in [0, 0.1) is 5.92 Å². The molecule has 1 N–H and O–H groups in total. The van der Waals surface area contributed by atoms with E-state index in [0.29, 0.717) is 5.92 Å². The van der Waals surface area contributed by atoms with Gasteiger partial charge in [0.15, 0.2) is 0 Å². The summed E-state index contributed by atoms with van der Waals surface area (Å²) in [5, 5.41) is 2.89. The van der Waals surface area contributed by atoms with E-state index in [4.69, 9.17) is 0 Å². The van der Waals surface area contributed by atoms with E-state index in [0.717, 1.165) is 19.4 Å². The second-order valence-electron chi connectivity index (χ2n) is 6.52. The first-order valence-corrected chi connectivity index (χ1v) is 8.99. The Hall–Kier alpha value is -0.710. The van der Waals surface area contributed by atoms with Crippen LogP contribution in [0.25, 0.3) is 0 Å². The Kier molecular flexibility index (Phi) is 3.98. The van der Waals surface area contributed by atoms with Crippen LogP contribution in [0.15, 0.2) is 0 Å². The summed E-state index contributed by atoms with van der Waals surface area (Å²) in [5.74, 6) is 0.575. The van der Waals surface area contributed by atoms with Gasteiger partial charge in [0.25, 0.3) is 0 Å². The lowest BCUT2D eigenvalue weighted by molar-refractivity contribution is -0.145. The van der Waals surface area contributed by atoms with Gasteiger partial charge in [0, 0.05) is 11.3 Å². The lowest BCUT2D eigenvalue weighted by Crippen LogP contribution is -2.61. The minimum Gasteiger partial charge on any atom is -0.342 e. The molecule has 112 valence electrons. The first-order valence-electron chi connectivity index (χ1n) is 7.77. The molecule has 2 aliphatic carbocycles. The van der Waals surface area contributed by atoms with Crippen LogP contribution in [-0.2, 0) is 9.59 Å². The van der Waals surface area contributed by atoms with Crippen LogP contribution in [0.3, 0.4) is 0 Å². The number of carbonyl (C=O) groups excluding carboxylic acids is 2. The van der Waals surface area contributed by atoms with Gasteiger partial charge < -0.3 is 10.2 Å². The highest BCUT2D eigenvalue weighted by atomic mass is 32.2. The van der Waals surface area contributed by atoms with Gasteiger partial charge in [-0.15, -0.1) is 0 Å². The third kappa shape index (κ3) is 2.83. The summed E-state index contributed by atoms with van der Waals surface area (Å²) in [7, 11) is 0. The minimum atomic E-state index is -0.237. The molecular weight excluding hydrogens is 272 g/mol. The van der Waals surface area contributed by atoms with Gasteiger partial charge in [0.2, 0.25) is 11.8 Å². The molecule has 0 aromatic carbocycles. The quantitative estimate of drug-likeness (QED) is 0.860. The molecule has 1 heterocycles. The standard InChI is InChI=1S/C15H24N2O2S/c1-20-15(7-3-2-4-8-15)10-17-9-12(18)16-13(14(17)19)11-5-6-11/h11,13H,2-10H2,1H3,(H,16,18). The van der Waals surface area contributed by atoms with Crippen molar-refractivity contribution < 1.29 is 9.59 Å². The zero-order valence-electron chi connectivity index (χ0n) is 12.2. The maximum absolute atomic E-state index is 12.6. The van der Waals surface area contributed by atoms with Crippen LogP contribution >= 0.6 is 11.8 Å². The van der Waals surface area contributed by atoms with Crippen molar-refractivity contribution in [1.82, 2.24) is 10.2 Å². The highest BCUT2D eigenvalue weighted by molar-refractivity contribution is 8.00. The van der Waals surface area contributed by atoms with Gasteiger partial charge in [0.05, 0.1) is 6.54 Å². The van der Waals surface area contributed by atoms with Crippen LogP contribution in [0.1, 0.15) is 44.9 Å². The van der Waals surface area contributed by atoms with Gasteiger partial charge in [-0.3, -0.25) is 9.59 Å². The Morgan fingerprint density at radius 2 is 1.95 bits per heavy atom. The molecule has 2 saturated carbocycles. The lowest BCUT2D eigenvalue weighted by atomic mass is 9.87. The second kappa shape index (κ2) is 5.58. The molecule has 0 aromatic rings. The molecule has 2 amide bonds. The van der Waals surface area contributed by atoms with E-state index >= 15 is 0 Å². The van der Waals surface area contributed by atoms with Crippen molar-refractivity contribution in [2.75, 3.05) is 19.3 Å². The highest BCUT2D eigenvalue weighted by Gasteiger charge is 2.45. The fourth-order valence-corrected chi connectivity index (χ4v) is 4.56. The third-order valence-electron chi connectivity index (χ3n) is 5.00. The molecule has 1 saturated heterocycles. The number of amides is 2. The van der Waals surface area contributed by atoms with E-state index < -0.39 is 0 Å². The largest absolute Gasteiger partial charge is 0.342 e. The van der Waals surface area contributed by atoms with Gasteiger partial charge >= 0.3 is 0 Å². The van der Waals surface area contributed by atoms with Crippen LogP contribution in [0.5, 0.6) is 0 Å². The molecular formula is C15H24N2O2S. The van der Waals surface area contributed by atoms with Crippen molar-refractivity contribution in [3.05, 3.63) is 0 Å². The Morgan fingerprint density at radius 3 is 2.55 bits per heavy atom. The van der Waals surface area contributed by atoms with E-state index in [9.17, 15) is 9.59 Å². The Morgan fingerprint density at radius 1 is 1.25 bits per heavy atom. The summed E-state index contributed by atoms with van der Waals surface area (Å²) < 4.78 is 0.180. The van der Waals surface area contributed by atoms with E-state index in [-0.39, 0.29) is 29.1 Å². The maximum Gasteiger partial charge on any atom is 0.245 e. The molecule has 1 atom stereocenters. The number of thioether (sulfide) groups is 1. The molecule has 3 fully saturated rings. The molecule has 4 nitrogen and oxygen atoms in total. The van der Waals surface area contributed by atoms with Crippen molar-refractivity contribution in [1.29, 1.82) is 0 Å². The van der Waals surface area contributed by atoms with E-state index in [1.165, 1.54) is 32.1 Å². The molecule has 1 aliphatic heterocycles. The summed E-state index contributed by atoms with van der Waals surface area (Å²) in [6, 6.07) is -0.237. The predicted octanol–water partition coefficient (Wildman–Crippen LogP) is 1.79. The molecule has 3 aliphatic rings. The van der Waals surface area contributed by atoms with E-state index in [1.807, 2.05) is 16.7 Å². The monoisotopic (exact) mass is 296 g/mol. The highest BCUT2D eigenvalue weighted by Crippen LogP contribution is 2.40. The smallest absolute Gasteiger partial charge is 0.245 e. The Bertz CT molecular complexity index is 403. The number of rotatable bonds is 4. The Balaban J connectivity index is 1.70. The number of hydrogen-bond donors (Lipinski definition) is 1. The van der Waals surface area contributed by atoms with Gasteiger partial charge in [-0.05, 0) is 37.9 Å². The van der Waals surface area contributed by atoms with Crippen LogP contribution in [-0.4, -0.2) is 46.8 Å². The van der Waals surface area contributed by atoms with Crippen molar-refractivity contribution in [3.8, 4) is 0 Å². The lowest BCUT2D eigenvalue weighted by Gasteiger charge is -2.42. The molecule has 0 spiro atoms. The SMILES string of the molecule is CSC1(CN2CC(=O)NC(C3CC3)C2=O)CCCCC1. The summed E-state index contributed by atoms with van der Waals surface area (Å²) in [4.78, 5) is 26.3. The van der Waals surface area contributed by atoms with E-state index in [2.05, 4.69) is 11.6 Å². The van der Waals surface area contributed by atoms with Crippen molar-refractivity contribution in [2.24, 2.45) is 5.92 Å². The zero-order valence-corrected chi connectivity index (χ0v) is 13.0. The van der Waals surface area contributed by atoms with Crippen molar-refractivity contribution in [3.63, 3.8) is 0 Å². The summed E-state index contributed by atoms with van der Waals surface area (Å²) in [6.07, 6.45) is 10.5. The summed E-state index contributed by atoms with van der Waals surface area (Å²) in [6.45, 7) is 1.01. The number of carbonyl (C=O) groups is 2. The first kappa shape index (κ1) is 14.2. The van der Waals surface area contributed by atoms with Gasteiger partial charge in [-0.1, -0.05) is 19.3 Å². The topological polar surface area (TPSA) is 49.4 Å². The number of piperazine rings is 1. The van der Waals surface area contributed by atoms with Crippen LogP contribution < -0.4 is 5.32 Å². The van der Waals surface area contributed by atoms with Crippen molar-refractivity contribution >= 4 is 23.6 Å². The van der Waals surface area contributed by atoms with Crippen LogP contribution in [0.4, 0.5) is 0 Å². The van der Waals surface area contributed by atoms with Gasteiger partial charge in [0.1, 0.15) is 6.04 Å². The molecule has 5 heteroatoms. The van der Waals surface area contributed by atoms with Gasteiger partial charge in [-0.25, -0.2) is 0 Å². The number of nitrogens with one attached hydrogen (secondary N) is 1. The predicted molar refractivity (Wildman–Crippen MR) is 80.6 cm³/mol. The third-order valence-corrected chi connectivity index (χ3v) is 6.40. The van der Waals surface area contributed by atoms with E-state index in [1.54, 1.807) is 0 Å². The first-order chi connectivity index (χ1) is 9.63. The second-order valence-corrected chi connectivity index (χ2v) is 7.80. The molecule has 20 heavy (non-hydrogen) atoms. The van der Waals surface area contributed by atoms with Gasteiger partial charge in [-0.2, -0.15) is 11.8 Å². The molecule has 0 aromatic heterocycles. The maximum atomic E-state index is 12.6. The molecule has 0 radical (unpaired) electrons. The fourth-order valence-electron chi connectivity index (χ4n) is 3.58. The zero-order chi connectivity index (χ0) is 14.2. The molecule has 1 unspecified atom stereocenters. The summed E-state index contributed by atoms with van der Waals surface area (Å²) >= 11 is 1.89. The summed E-state index contributed by atoms with van der Waals surface area (Å²) in [5.41, 5.74) is 0. The average Bonchev–Trinajstić information content (AvgIpc) is 3.28. The van der Waals surface area contributed by atoms with Crippen molar-refractivity contribution in [2.45, 2.75) is 55.7 Å².